The molecule has 0 saturated carbocycles. The Kier molecular flexibility index (Phi) is 2.32. The van der Waals surface area contributed by atoms with Crippen LogP contribution in [0.25, 0.3) is 0 Å². The summed E-state index contributed by atoms with van der Waals surface area (Å²) >= 11 is 3.34. The van der Waals surface area contributed by atoms with E-state index in [2.05, 4.69) is 26.3 Å². The van der Waals surface area contributed by atoms with Gasteiger partial charge in [-0.1, -0.05) is 0 Å². The Hall–Kier alpha value is -0.420. The Morgan fingerprint density at radius 1 is 1.53 bits per heavy atom. The average molecular weight is 274 g/mol. The van der Waals surface area contributed by atoms with Crippen molar-refractivity contribution in [1.82, 2.24) is 15.1 Å². The predicted molar refractivity (Wildman–Crippen MR) is 58.4 cm³/mol. The minimum absolute atomic E-state index is 0.0386. The average Bonchev–Trinajstić information content (AvgIpc) is 2.80. The van der Waals surface area contributed by atoms with Gasteiger partial charge >= 0.3 is 0 Å². The molecule has 2 fully saturated rings. The predicted octanol–water partition coefficient (Wildman–Crippen LogP) is 2.05. The van der Waals surface area contributed by atoms with Crippen molar-refractivity contribution in [2.24, 2.45) is 0 Å². The van der Waals surface area contributed by atoms with Crippen molar-refractivity contribution in [2.45, 2.75) is 43.6 Å². The second-order valence-corrected chi connectivity index (χ2v) is 5.35. The fourth-order valence-corrected chi connectivity index (χ4v) is 3.03. The highest BCUT2D eigenvalue weighted by Crippen LogP contribution is 2.36. The van der Waals surface area contributed by atoms with Crippen LogP contribution in [-0.4, -0.2) is 28.0 Å². The van der Waals surface area contributed by atoms with Crippen molar-refractivity contribution < 1.29 is 4.39 Å². The van der Waals surface area contributed by atoms with Gasteiger partial charge in [0.15, 0.2) is 0 Å². The van der Waals surface area contributed by atoms with Crippen molar-refractivity contribution in [3.8, 4) is 0 Å². The third kappa shape index (κ3) is 1.61. The van der Waals surface area contributed by atoms with Gasteiger partial charge in [-0.05, 0) is 35.2 Å². The largest absolute Gasteiger partial charge is 0.308 e. The van der Waals surface area contributed by atoms with Gasteiger partial charge in [0.2, 0.25) is 0 Å². The van der Waals surface area contributed by atoms with E-state index in [4.69, 9.17) is 0 Å². The summed E-state index contributed by atoms with van der Waals surface area (Å²) in [5.74, 6) is 0. The lowest BCUT2D eigenvalue weighted by Gasteiger charge is -2.32. The molecule has 1 N–H and O–H groups in total. The van der Waals surface area contributed by atoms with Crippen LogP contribution in [-0.2, 0) is 0 Å². The number of piperidine rings is 1. The van der Waals surface area contributed by atoms with E-state index < -0.39 is 6.17 Å². The molecular weight excluding hydrogens is 261 g/mol. The lowest BCUT2D eigenvalue weighted by molar-refractivity contribution is 0.129. The summed E-state index contributed by atoms with van der Waals surface area (Å²) in [6.45, 7) is 0. The van der Waals surface area contributed by atoms with E-state index in [0.29, 0.717) is 6.04 Å². The molecule has 1 aromatic heterocycles. The fraction of sp³-hybridized carbons (Fsp3) is 0.700. The topological polar surface area (TPSA) is 29.9 Å². The SMILES string of the molecule is FC1C2CCC(CC1n1cc(Br)cn1)N2. The van der Waals surface area contributed by atoms with Crippen LogP contribution in [0.2, 0.25) is 0 Å². The number of rotatable bonds is 1. The molecular formula is C10H13BrFN3. The minimum atomic E-state index is -0.810. The van der Waals surface area contributed by atoms with Crippen molar-refractivity contribution in [3.05, 3.63) is 16.9 Å². The van der Waals surface area contributed by atoms with Crippen LogP contribution in [0, 0.1) is 0 Å². The highest BCUT2D eigenvalue weighted by Gasteiger charge is 2.42. The molecule has 2 aliphatic heterocycles. The van der Waals surface area contributed by atoms with E-state index in [1.807, 2.05) is 6.20 Å². The van der Waals surface area contributed by atoms with E-state index in [1.54, 1.807) is 10.9 Å². The first kappa shape index (κ1) is 9.78. The van der Waals surface area contributed by atoms with Crippen LogP contribution in [0.5, 0.6) is 0 Å². The molecule has 1 aromatic rings. The van der Waals surface area contributed by atoms with Crippen LogP contribution >= 0.6 is 15.9 Å². The molecule has 82 valence electrons. The van der Waals surface area contributed by atoms with Gasteiger partial charge in [0.25, 0.3) is 0 Å². The van der Waals surface area contributed by atoms with E-state index in [0.717, 1.165) is 23.7 Å². The summed E-state index contributed by atoms with van der Waals surface area (Å²) in [6, 6.07) is 0.432. The lowest BCUT2D eigenvalue weighted by atomic mass is 9.98. The van der Waals surface area contributed by atoms with Crippen LogP contribution in [0.3, 0.4) is 0 Å². The normalized spacial score (nSPS) is 39.6. The maximum atomic E-state index is 14.1. The zero-order valence-electron chi connectivity index (χ0n) is 8.24. The second-order valence-electron chi connectivity index (χ2n) is 4.43. The standard InChI is InChI=1S/C10H13BrFN3/c11-6-4-13-15(5-6)9-3-7-1-2-8(14-7)10(9)12/h4-5,7-10,14H,1-3H2. The maximum Gasteiger partial charge on any atom is 0.138 e. The Bertz CT molecular complexity index is 367. The number of hydrogen-bond acceptors (Lipinski definition) is 2. The third-order valence-electron chi connectivity index (χ3n) is 3.46. The molecule has 3 heterocycles. The summed E-state index contributed by atoms with van der Waals surface area (Å²) in [4.78, 5) is 0. The first-order chi connectivity index (χ1) is 7.24. The molecule has 15 heavy (non-hydrogen) atoms. The molecule has 0 spiro atoms. The van der Waals surface area contributed by atoms with Gasteiger partial charge in [-0.3, -0.25) is 4.68 Å². The van der Waals surface area contributed by atoms with Gasteiger partial charge in [0.1, 0.15) is 6.17 Å². The number of alkyl halides is 1. The smallest absolute Gasteiger partial charge is 0.138 e. The highest BCUT2D eigenvalue weighted by atomic mass is 79.9. The summed E-state index contributed by atoms with van der Waals surface area (Å²) in [6.07, 6.45) is 5.69. The van der Waals surface area contributed by atoms with E-state index in [-0.39, 0.29) is 12.1 Å². The summed E-state index contributed by atoms with van der Waals surface area (Å²) < 4.78 is 16.8. The van der Waals surface area contributed by atoms with Gasteiger partial charge in [-0.15, -0.1) is 0 Å². The Balaban J connectivity index is 1.87. The van der Waals surface area contributed by atoms with Gasteiger partial charge in [0, 0.05) is 18.3 Å². The summed E-state index contributed by atoms with van der Waals surface area (Å²) in [5, 5.41) is 7.51. The Morgan fingerprint density at radius 2 is 2.40 bits per heavy atom. The number of halogens is 2. The van der Waals surface area contributed by atoms with Gasteiger partial charge < -0.3 is 5.32 Å². The van der Waals surface area contributed by atoms with Gasteiger partial charge in [0.05, 0.1) is 16.7 Å². The number of fused-ring (bicyclic) bond motifs is 2. The molecule has 0 radical (unpaired) electrons. The van der Waals surface area contributed by atoms with Crippen molar-refractivity contribution in [1.29, 1.82) is 0 Å². The molecule has 0 amide bonds. The van der Waals surface area contributed by atoms with Crippen LogP contribution in [0.1, 0.15) is 25.3 Å². The minimum Gasteiger partial charge on any atom is -0.308 e. The Labute approximate surface area is 96.2 Å². The monoisotopic (exact) mass is 273 g/mol. The van der Waals surface area contributed by atoms with E-state index in [1.165, 1.54) is 0 Å². The van der Waals surface area contributed by atoms with Crippen LogP contribution in [0.4, 0.5) is 4.39 Å². The highest BCUT2D eigenvalue weighted by molar-refractivity contribution is 9.10. The fourth-order valence-electron chi connectivity index (χ4n) is 2.73. The number of nitrogens with zero attached hydrogens (tertiary/aromatic N) is 2. The van der Waals surface area contributed by atoms with Crippen molar-refractivity contribution >= 4 is 15.9 Å². The summed E-state index contributed by atoms with van der Waals surface area (Å²) in [5.41, 5.74) is 0. The molecule has 3 nitrogen and oxygen atoms in total. The molecule has 2 aliphatic rings. The molecule has 3 rings (SSSR count). The van der Waals surface area contributed by atoms with Crippen LogP contribution < -0.4 is 5.32 Å². The molecule has 2 bridgehead atoms. The van der Waals surface area contributed by atoms with Crippen LogP contribution in [0.15, 0.2) is 16.9 Å². The van der Waals surface area contributed by atoms with E-state index in [9.17, 15) is 4.39 Å². The van der Waals surface area contributed by atoms with Gasteiger partial charge in [-0.25, -0.2) is 4.39 Å². The zero-order valence-corrected chi connectivity index (χ0v) is 9.82. The molecule has 4 atom stereocenters. The summed E-state index contributed by atoms with van der Waals surface area (Å²) in [7, 11) is 0. The number of aromatic nitrogens is 2. The third-order valence-corrected chi connectivity index (χ3v) is 3.87. The van der Waals surface area contributed by atoms with Crippen molar-refractivity contribution in [2.75, 3.05) is 0 Å². The molecule has 4 unspecified atom stereocenters. The lowest BCUT2D eigenvalue weighted by Crippen LogP contribution is -2.47. The number of hydrogen-bond donors (Lipinski definition) is 1. The van der Waals surface area contributed by atoms with Gasteiger partial charge in [-0.2, -0.15) is 5.10 Å². The quantitative estimate of drug-likeness (QED) is 0.849. The molecule has 5 heteroatoms. The Morgan fingerprint density at radius 3 is 3.13 bits per heavy atom. The number of nitrogens with one attached hydrogen (secondary N) is 1. The van der Waals surface area contributed by atoms with Crippen molar-refractivity contribution in [3.63, 3.8) is 0 Å². The molecule has 0 aliphatic carbocycles. The molecule has 0 aromatic carbocycles. The van der Waals surface area contributed by atoms with E-state index >= 15 is 0 Å². The first-order valence-corrected chi connectivity index (χ1v) is 6.13. The molecule has 2 saturated heterocycles. The first-order valence-electron chi connectivity index (χ1n) is 5.34. The second kappa shape index (κ2) is 3.56. The zero-order chi connectivity index (χ0) is 10.4. The maximum absolute atomic E-state index is 14.1.